The zero-order valence-corrected chi connectivity index (χ0v) is 10.4. The van der Waals surface area contributed by atoms with E-state index in [1.807, 2.05) is 37.4 Å². The average molecular weight is 244 g/mol. The van der Waals surface area contributed by atoms with E-state index in [0.29, 0.717) is 0 Å². The Hall–Kier alpha value is -2.03. The first kappa shape index (κ1) is 12.4. The monoisotopic (exact) mass is 244 g/mol. The molecule has 94 valence electrons. The molecule has 3 heteroatoms. The van der Waals surface area contributed by atoms with Crippen molar-refractivity contribution in [3.05, 3.63) is 60.4 Å². The van der Waals surface area contributed by atoms with E-state index in [1.54, 1.807) is 12.1 Å². The van der Waals surface area contributed by atoms with Crippen molar-refractivity contribution in [2.24, 2.45) is 0 Å². The first-order valence-corrected chi connectivity index (χ1v) is 6.01. The van der Waals surface area contributed by atoms with Gasteiger partial charge in [-0.1, -0.05) is 18.2 Å². The van der Waals surface area contributed by atoms with Gasteiger partial charge in [0.05, 0.1) is 0 Å². The van der Waals surface area contributed by atoms with E-state index in [-0.39, 0.29) is 5.82 Å². The minimum Gasteiger partial charge on any atom is -0.383 e. The number of rotatable bonds is 5. The number of para-hydroxylation sites is 1. The molecule has 0 heterocycles. The first-order chi connectivity index (χ1) is 8.75. The second-order valence-corrected chi connectivity index (χ2v) is 4.19. The number of hydrogen-bond donors (Lipinski definition) is 1. The Morgan fingerprint density at radius 1 is 1.00 bits per heavy atom. The number of nitrogens with one attached hydrogen (secondary N) is 1. The normalized spacial score (nSPS) is 10.1. The van der Waals surface area contributed by atoms with E-state index in [1.165, 1.54) is 12.1 Å². The average Bonchev–Trinajstić information content (AvgIpc) is 2.40. The Bertz CT molecular complexity index is 468. The Morgan fingerprint density at radius 2 is 1.67 bits per heavy atom. The Balaban J connectivity index is 1.81. The predicted octanol–water partition coefficient (Wildman–Crippen LogP) is 3.37. The van der Waals surface area contributed by atoms with Crippen LogP contribution in [0.25, 0.3) is 0 Å². The highest BCUT2D eigenvalue weighted by atomic mass is 19.1. The summed E-state index contributed by atoms with van der Waals surface area (Å²) in [6.45, 7) is 1.71. The third kappa shape index (κ3) is 3.48. The van der Waals surface area contributed by atoms with Crippen molar-refractivity contribution in [1.29, 1.82) is 0 Å². The van der Waals surface area contributed by atoms with E-state index in [0.717, 1.165) is 24.5 Å². The van der Waals surface area contributed by atoms with Gasteiger partial charge < -0.3 is 10.2 Å². The summed E-state index contributed by atoms with van der Waals surface area (Å²) in [4.78, 5) is 2.09. The summed E-state index contributed by atoms with van der Waals surface area (Å²) in [5.74, 6) is -0.199. The smallest absolute Gasteiger partial charge is 0.123 e. The molecule has 0 spiro atoms. The lowest BCUT2D eigenvalue weighted by atomic mass is 10.3. The summed E-state index contributed by atoms with van der Waals surface area (Å²) >= 11 is 0. The van der Waals surface area contributed by atoms with Crippen molar-refractivity contribution >= 4 is 11.4 Å². The highest BCUT2D eigenvalue weighted by molar-refractivity contribution is 5.46. The molecule has 0 aliphatic rings. The van der Waals surface area contributed by atoms with Crippen LogP contribution in [-0.4, -0.2) is 20.1 Å². The Labute approximate surface area is 107 Å². The highest BCUT2D eigenvalue weighted by Crippen LogP contribution is 2.12. The fraction of sp³-hybridized carbons (Fsp3) is 0.200. The number of hydrogen-bond acceptors (Lipinski definition) is 2. The number of nitrogens with zero attached hydrogens (tertiary/aromatic N) is 1. The quantitative estimate of drug-likeness (QED) is 0.867. The van der Waals surface area contributed by atoms with E-state index in [4.69, 9.17) is 0 Å². The van der Waals surface area contributed by atoms with Crippen LogP contribution in [0.15, 0.2) is 54.6 Å². The van der Waals surface area contributed by atoms with Crippen LogP contribution >= 0.6 is 0 Å². The molecule has 0 saturated carbocycles. The summed E-state index contributed by atoms with van der Waals surface area (Å²) in [7, 11) is 2.00. The maximum absolute atomic E-state index is 12.8. The van der Waals surface area contributed by atoms with Crippen LogP contribution in [0.1, 0.15) is 0 Å². The molecule has 0 radical (unpaired) electrons. The summed E-state index contributed by atoms with van der Waals surface area (Å²) in [5, 5.41) is 3.34. The summed E-state index contributed by atoms with van der Waals surface area (Å²) < 4.78 is 12.8. The second kappa shape index (κ2) is 6.05. The molecule has 0 unspecified atom stereocenters. The van der Waals surface area contributed by atoms with Gasteiger partial charge in [-0.3, -0.25) is 0 Å². The molecule has 2 nitrogen and oxygen atoms in total. The molecule has 2 aromatic rings. The molecule has 18 heavy (non-hydrogen) atoms. The molecule has 0 aliphatic heterocycles. The molecule has 1 N–H and O–H groups in total. The van der Waals surface area contributed by atoms with Gasteiger partial charge in [0, 0.05) is 31.5 Å². The molecule has 0 aliphatic carbocycles. The van der Waals surface area contributed by atoms with Gasteiger partial charge in [-0.2, -0.15) is 0 Å². The molecule has 0 amide bonds. The number of halogens is 1. The van der Waals surface area contributed by atoms with Gasteiger partial charge in [0.15, 0.2) is 0 Å². The topological polar surface area (TPSA) is 15.3 Å². The molecule has 0 aromatic heterocycles. The van der Waals surface area contributed by atoms with Crippen LogP contribution in [-0.2, 0) is 0 Å². The standard InChI is InChI=1S/C15H17FN2/c1-18(15-9-7-13(16)8-10-15)12-11-17-14-5-3-2-4-6-14/h2-10,17H,11-12H2,1H3. The third-order valence-corrected chi connectivity index (χ3v) is 2.82. The van der Waals surface area contributed by atoms with Crippen LogP contribution in [0.2, 0.25) is 0 Å². The molecule has 0 fully saturated rings. The SMILES string of the molecule is CN(CCNc1ccccc1)c1ccc(F)cc1. The van der Waals surface area contributed by atoms with E-state index in [2.05, 4.69) is 10.2 Å². The van der Waals surface area contributed by atoms with Crippen LogP contribution in [0.3, 0.4) is 0 Å². The van der Waals surface area contributed by atoms with Crippen molar-refractivity contribution in [2.45, 2.75) is 0 Å². The van der Waals surface area contributed by atoms with Crippen molar-refractivity contribution in [3.8, 4) is 0 Å². The number of likely N-dealkylation sites (N-methyl/N-ethyl adjacent to an activating group) is 1. The summed E-state index contributed by atoms with van der Waals surface area (Å²) in [6, 6.07) is 16.6. The fourth-order valence-corrected chi connectivity index (χ4v) is 1.75. The second-order valence-electron chi connectivity index (χ2n) is 4.19. The third-order valence-electron chi connectivity index (χ3n) is 2.82. The van der Waals surface area contributed by atoms with Gasteiger partial charge in [0.2, 0.25) is 0 Å². The summed E-state index contributed by atoms with van der Waals surface area (Å²) in [5.41, 5.74) is 2.14. The van der Waals surface area contributed by atoms with Crippen LogP contribution in [0, 0.1) is 5.82 Å². The van der Waals surface area contributed by atoms with Gasteiger partial charge in [-0.05, 0) is 36.4 Å². The molecular formula is C15H17FN2. The van der Waals surface area contributed by atoms with Crippen molar-refractivity contribution in [3.63, 3.8) is 0 Å². The fourth-order valence-electron chi connectivity index (χ4n) is 1.75. The van der Waals surface area contributed by atoms with Crippen LogP contribution < -0.4 is 10.2 Å². The van der Waals surface area contributed by atoms with E-state index >= 15 is 0 Å². The van der Waals surface area contributed by atoms with E-state index < -0.39 is 0 Å². The maximum Gasteiger partial charge on any atom is 0.123 e. The highest BCUT2D eigenvalue weighted by Gasteiger charge is 2.00. The van der Waals surface area contributed by atoms with E-state index in [9.17, 15) is 4.39 Å². The zero-order chi connectivity index (χ0) is 12.8. The Morgan fingerprint density at radius 3 is 2.33 bits per heavy atom. The van der Waals surface area contributed by atoms with Crippen molar-refractivity contribution < 1.29 is 4.39 Å². The van der Waals surface area contributed by atoms with Gasteiger partial charge in [-0.15, -0.1) is 0 Å². The van der Waals surface area contributed by atoms with Gasteiger partial charge in [0.1, 0.15) is 5.82 Å². The number of benzene rings is 2. The molecule has 0 bridgehead atoms. The molecule has 2 aromatic carbocycles. The molecule has 0 saturated heterocycles. The minimum absolute atomic E-state index is 0.199. The molecular weight excluding hydrogens is 227 g/mol. The lowest BCUT2D eigenvalue weighted by Gasteiger charge is -2.19. The van der Waals surface area contributed by atoms with Crippen LogP contribution in [0.4, 0.5) is 15.8 Å². The minimum atomic E-state index is -0.199. The molecule has 2 rings (SSSR count). The van der Waals surface area contributed by atoms with Crippen molar-refractivity contribution in [1.82, 2.24) is 0 Å². The van der Waals surface area contributed by atoms with Crippen molar-refractivity contribution in [2.75, 3.05) is 30.4 Å². The Kier molecular flexibility index (Phi) is 4.18. The first-order valence-electron chi connectivity index (χ1n) is 6.01. The lowest BCUT2D eigenvalue weighted by Crippen LogP contribution is -2.24. The maximum atomic E-state index is 12.8. The predicted molar refractivity (Wildman–Crippen MR) is 74.6 cm³/mol. The molecule has 0 atom stereocenters. The van der Waals surface area contributed by atoms with Gasteiger partial charge in [-0.25, -0.2) is 4.39 Å². The largest absolute Gasteiger partial charge is 0.383 e. The van der Waals surface area contributed by atoms with Gasteiger partial charge >= 0.3 is 0 Å². The van der Waals surface area contributed by atoms with Gasteiger partial charge in [0.25, 0.3) is 0 Å². The lowest BCUT2D eigenvalue weighted by molar-refractivity contribution is 0.627. The summed E-state index contributed by atoms with van der Waals surface area (Å²) in [6.07, 6.45) is 0. The number of anilines is 2. The zero-order valence-electron chi connectivity index (χ0n) is 10.4. The van der Waals surface area contributed by atoms with Crippen LogP contribution in [0.5, 0.6) is 0 Å².